The van der Waals surface area contributed by atoms with E-state index in [1.54, 1.807) is 0 Å². The van der Waals surface area contributed by atoms with Gasteiger partial charge in [0.1, 0.15) is 6.54 Å². The monoisotopic (exact) mass is 208 g/mol. The molecule has 0 aromatic carbocycles. The van der Waals surface area contributed by atoms with Crippen LogP contribution in [0.4, 0.5) is 0 Å². The van der Waals surface area contributed by atoms with E-state index in [1.165, 1.54) is 11.9 Å². The summed E-state index contributed by atoms with van der Waals surface area (Å²) < 4.78 is 19.5. The molecule has 0 bridgehead atoms. The lowest BCUT2D eigenvalue weighted by Gasteiger charge is -2.14. The number of likely N-dealkylation sites (N-methyl/N-ethyl adjacent to an activating group) is 1. The Bertz CT molecular complexity index is 301. The molecule has 0 saturated carbocycles. The van der Waals surface area contributed by atoms with Crippen molar-refractivity contribution in [2.75, 3.05) is 20.7 Å². The van der Waals surface area contributed by atoms with Crippen molar-refractivity contribution in [3.63, 3.8) is 0 Å². The molecule has 1 rings (SSSR count). The molecule has 1 N–H and O–H groups in total. The van der Waals surface area contributed by atoms with Gasteiger partial charge in [-0.15, -0.1) is 0 Å². The molecule has 0 spiro atoms. The van der Waals surface area contributed by atoms with Gasteiger partial charge in [-0.1, -0.05) is 0 Å². The maximum Gasteiger partial charge on any atom is 0.529 e. The van der Waals surface area contributed by atoms with Crippen LogP contribution in [0.2, 0.25) is 0 Å². The zero-order chi connectivity index (χ0) is 10.1. The Balaban J connectivity index is 2.70. The Morgan fingerprint density at radius 1 is 1.69 bits per heavy atom. The zero-order valence-corrected chi connectivity index (χ0v) is 8.02. The Morgan fingerprint density at radius 3 is 2.69 bits per heavy atom. The van der Waals surface area contributed by atoms with Gasteiger partial charge in [-0.2, -0.15) is 4.99 Å². The van der Waals surface area contributed by atoms with Gasteiger partial charge in [0, 0.05) is 14.2 Å². The highest BCUT2D eigenvalue weighted by molar-refractivity contribution is 7.48. The Kier molecular flexibility index (Phi) is 2.70. The molecule has 0 fully saturated rings. The molecule has 1 unspecified atom stereocenters. The number of phosphoric ester groups is 1. The van der Waals surface area contributed by atoms with Crippen LogP contribution in [0, 0.1) is 0 Å². The summed E-state index contributed by atoms with van der Waals surface area (Å²) in [5.41, 5.74) is 0. The minimum absolute atomic E-state index is 0.0407. The Hall–Kier alpha value is -0.910. The molecule has 1 amide bonds. The molecule has 1 aliphatic heterocycles. The van der Waals surface area contributed by atoms with E-state index in [0.717, 1.165) is 7.11 Å². The van der Waals surface area contributed by atoms with Gasteiger partial charge in [0.25, 0.3) is 5.91 Å². The van der Waals surface area contributed by atoms with Crippen LogP contribution in [0.3, 0.4) is 0 Å². The van der Waals surface area contributed by atoms with Gasteiger partial charge < -0.3 is 9.42 Å². The molecule has 1 aliphatic rings. The number of carbonyl (C=O) groups is 1. The summed E-state index contributed by atoms with van der Waals surface area (Å²) in [6.45, 7) is 0.0407. The first-order valence-electron chi connectivity index (χ1n) is 3.35. The number of hydrogen-bond acceptors (Lipinski definition) is 5. The zero-order valence-electron chi connectivity index (χ0n) is 7.13. The highest BCUT2D eigenvalue weighted by atomic mass is 31.2. The largest absolute Gasteiger partial charge is 0.529 e. The van der Waals surface area contributed by atoms with Crippen LogP contribution in [0.5, 0.6) is 0 Å². The molecule has 0 aromatic rings. The lowest BCUT2D eigenvalue weighted by atomic mass is 10.6. The molecular formula is C5H9N2O5P. The second-order valence-electron chi connectivity index (χ2n) is 2.39. The third-order valence-electron chi connectivity index (χ3n) is 1.35. The number of carbonyl (C=O) groups excluding carboxylic acids is 1. The molecule has 7 nitrogen and oxygen atoms in total. The maximum atomic E-state index is 10.9. The van der Waals surface area contributed by atoms with E-state index in [1.807, 2.05) is 0 Å². The standard InChI is InChI=1S/C5H9N2O5P/c1-7-3-4(8)6-5(7)12-13(9,10)11-2/h3H2,1-2H3,(H,9,10). The van der Waals surface area contributed by atoms with E-state index in [4.69, 9.17) is 4.89 Å². The number of nitrogens with zero attached hydrogens (tertiary/aromatic N) is 2. The Labute approximate surface area is 74.6 Å². The predicted octanol–water partition coefficient (Wildman–Crippen LogP) is -0.422. The van der Waals surface area contributed by atoms with Gasteiger partial charge >= 0.3 is 13.8 Å². The third-order valence-corrected chi connectivity index (χ3v) is 2.20. The summed E-state index contributed by atoms with van der Waals surface area (Å²) in [5, 5.41) is 0. The second-order valence-corrected chi connectivity index (χ2v) is 3.87. The van der Waals surface area contributed by atoms with Crippen molar-refractivity contribution in [1.29, 1.82) is 0 Å². The maximum absolute atomic E-state index is 10.9. The van der Waals surface area contributed by atoms with Crippen LogP contribution in [0.15, 0.2) is 4.99 Å². The average Bonchev–Trinajstić information content (AvgIpc) is 2.30. The summed E-state index contributed by atoms with van der Waals surface area (Å²) in [4.78, 5) is 24.3. The number of rotatable bonds is 2. The van der Waals surface area contributed by atoms with Gasteiger partial charge in [-0.05, 0) is 0 Å². The highest BCUT2D eigenvalue weighted by Gasteiger charge is 2.29. The smallest absolute Gasteiger partial charge is 0.370 e. The summed E-state index contributed by atoms with van der Waals surface area (Å²) in [5.74, 6) is -0.423. The van der Waals surface area contributed by atoms with Crippen molar-refractivity contribution in [1.82, 2.24) is 4.90 Å². The van der Waals surface area contributed by atoms with E-state index in [2.05, 4.69) is 14.0 Å². The van der Waals surface area contributed by atoms with E-state index in [0.29, 0.717) is 0 Å². The lowest BCUT2D eigenvalue weighted by Crippen LogP contribution is -2.25. The van der Waals surface area contributed by atoms with Crippen LogP contribution in [0.1, 0.15) is 0 Å². The topological polar surface area (TPSA) is 88.4 Å². The van der Waals surface area contributed by atoms with Crippen molar-refractivity contribution in [3.05, 3.63) is 0 Å². The minimum Gasteiger partial charge on any atom is -0.370 e. The van der Waals surface area contributed by atoms with Crippen LogP contribution in [-0.2, 0) is 18.4 Å². The van der Waals surface area contributed by atoms with E-state index in [9.17, 15) is 9.36 Å². The van der Waals surface area contributed by atoms with Gasteiger partial charge in [0.05, 0.1) is 0 Å². The summed E-state index contributed by atoms with van der Waals surface area (Å²) in [6.07, 6.45) is 0. The fourth-order valence-corrected chi connectivity index (χ4v) is 1.19. The first kappa shape index (κ1) is 10.2. The van der Waals surface area contributed by atoms with E-state index in [-0.39, 0.29) is 12.6 Å². The number of aliphatic imine (C=N–C) groups is 1. The van der Waals surface area contributed by atoms with Crippen LogP contribution in [-0.4, -0.2) is 42.4 Å². The van der Waals surface area contributed by atoms with Crippen LogP contribution < -0.4 is 0 Å². The molecule has 74 valence electrons. The number of amides is 1. The molecule has 0 aromatic heterocycles. The van der Waals surface area contributed by atoms with Gasteiger partial charge in [0.15, 0.2) is 0 Å². The number of amidine groups is 1. The lowest BCUT2D eigenvalue weighted by molar-refractivity contribution is -0.116. The predicted molar refractivity (Wildman–Crippen MR) is 43.0 cm³/mol. The highest BCUT2D eigenvalue weighted by Crippen LogP contribution is 2.42. The SMILES string of the molecule is COP(=O)(O)OC1=NC(=O)CN1C. The molecular weight excluding hydrogens is 199 g/mol. The average molecular weight is 208 g/mol. The van der Waals surface area contributed by atoms with Crippen molar-refractivity contribution in [2.24, 2.45) is 4.99 Å². The summed E-state index contributed by atoms with van der Waals surface area (Å²) >= 11 is 0. The minimum atomic E-state index is -4.11. The van der Waals surface area contributed by atoms with Crippen molar-refractivity contribution in [3.8, 4) is 0 Å². The molecule has 1 heterocycles. The molecule has 13 heavy (non-hydrogen) atoms. The fourth-order valence-electron chi connectivity index (χ4n) is 0.728. The molecule has 1 atom stereocenters. The third kappa shape index (κ3) is 2.51. The van der Waals surface area contributed by atoms with Gasteiger partial charge in [0.2, 0.25) is 0 Å². The quantitative estimate of drug-likeness (QED) is 0.620. The van der Waals surface area contributed by atoms with Crippen molar-refractivity contribution < 1.29 is 23.3 Å². The summed E-state index contributed by atoms with van der Waals surface area (Å²) in [7, 11) is -1.57. The summed E-state index contributed by atoms with van der Waals surface area (Å²) in [6, 6.07) is -0.197. The molecule has 0 aliphatic carbocycles. The first-order valence-corrected chi connectivity index (χ1v) is 4.85. The van der Waals surface area contributed by atoms with E-state index >= 15 is 0 Å². The molecule has 0 radical (unpaired) electrons. The Morgan fingerprint density at radius 2 is 2.31 bits per heavy atom. The van der Waals surface area contributed by atoms with Gasteiger partial charge in [-0.25, -0.2) is 4.57 Å². The van der Waals surface area contributed by atoms with Crippen molar-refractivity contribution >= 4 is 19.8 Å². The van der Waals surface area contributed by atoms with E-state index < -0.39 is 13.7 Å². The number of hydrogen-bond donors (Lipinski definition) is 1. The molecule has 0 saturated heterocycles. The normalized spacial score (nSPS) is 21.3. The van der Waals surface area contributed by atoms with Gasteiger partial charge in [-0.3, -0.25) is 14.2 Å². The molecule has 8 heteroatoms. The second kappa shape index (κ2) is 3.45. The van der Waals surface area contributed by atoms with Crippen LogP contribution >= 0.6 is 7.82 Å². The fraction of sp³-hybridized carbons (Fsp3) is 0.600. The first-order chi connectivity index (χ1) is 5.94. The van der Waals surface area contributed by atoms with Crippen LogP contribution in [0.25, 0.3) is 0 Å². The van der Waals surface area contributed by atoms with Crippen molar-refractivity contribution in [2.45, 2.75) is 0 Å². The number of phosphoric acid groups is 1.